The number of halogens is 2. The van der Waals surface area contributed by atoms with E-state index < -0.39 is 11.7 Å². The number of benzene rings is 2. The number of methoxy groups -OCH3 is 2. The molecule has 0 bridgehead atoms. The van der Waals surface area contributed by atoms with Gasteiger partial charge in [-0.25, -0.2) is 4.39 Å². The Kier molecular flexibility index (Phi) is 5.45. The lowest BCUT2D eigenvalue weighted by Crippen LogP contribution is -2.27. The number of carbonyl (C=O) groups is 1. The molecule has 0 aromatic heterocycles. The van der Waals surface area contributed by atoms with Gasteiger partial charge in [0.1, 0.15) is 5.82 Å². The fourth-order valence-corrected chi connectivity index (χ4v) is 2.35. The predicted octanol–water partition coefficient (Wildman–Crippen LogP) is 3.99. The van der Waals surface area contributed by atoms with Gasteiger partial charge < -0.3 is 14.8 Å². The van der Waals surface area contributed by atoms with Crippen LogP contribution in [0.15, 0.2) is 36.4 Å². The standard InChI is InChI=1S/C17H17ClFNO3/c1-10(11-4-7-15(22-2)16(8-11)23-3)20-17(21)13-9-12(19)5-6-14(13)18/h4-10H,1-3H3,(H,20,21)/t10-/m1/s1. The first kappa shape index (κ1) is 17.1. The molecule has 23 heavy (non-hydrogen) atoms. The largest absolute Gasteiger partial charge is 0.493 e. The zero-order valence-corrected chi connectivity index (χ0v) is 13.8. The third-order valence-electron chi connectivity index (χ3n) is 3.43. The van der Waals surface area contributed by atoms with Crippen molar-refractivity contribution < 1.29 is 18.7 Å². The molecular formula is C17H17ClFNO3. The number of hydrogen-bond acceptors (Lipinski definition) is 3. The van der Waals surface area contributed by atoms with Gasteiger partial charge in [0.05, 0.1) is 30.8 Å². The molecule has 0 spiro atoms. The number of ether oxygens (including phenoxy) is 2. The van der Waals surface area contributed by atoms with E-state index in [1.54, 1.807) is 19.2 Å². The van der Waals surface area contributed by atoms with Crippen LogP contribution < -0.4 is 14.8 Å². The van der Waals surface area contributed by atoms with Gasteiger partial charge in [-0.15, -0.1) is 0 Å². The quantitative estimate of drug-likeness (QED) is 0.897. The smallest absolute Gasteiger partial charge is 0.253 e. The highest BCUT2D eigenvalue weighted by Crippen LogP contribution is 2.30. The second kappa shape index (κ2) is 7.33. The van der Waals surface area contributed by atoms with Crippen LogP contribution in [0.5, 0.6) is 11.5 Å². The minimum atomic E-state index is -0.515. The second-order valence-electron chi connectivity index (χ2n) is 4.93. The van der Waals surface area contributed by atoms with E-state index in [9.17, 15) is 9.18 Å². The Labute approximate surface area is 139 Å². The summed E-state index contributed by atoms with van der Waals surface area (Å²) >= 11 is 5.94. The Morgan fingerprint density at radius 1 is 1.13 bits per heavy atom. The number of rotatable bonds is 5. The normalized spacial score (nSPS) is 11.7. The summed E-state index contributed by atoms with van der Waals surface area (Å²) in [5.74, 6) is 0.202. The van der Waals surface area contributed by atoms with Crippen LogP contribution in [0, 0.1) is 5.82 Å². The summed E-state index contributed by atoms with van der Waals surface area (Å²) in [7, 11) is 3.09. The summed E-state index contributed by atoms with van der Waals surface area (Å²) in [6, 6.07) is 8.70. The highest BCUT2D eigenvalue weighted by molar-refractivity contribution is 6.33. The van der Waals surface area contributed by atoms with Crippen LogP contribution in [-0.4, -0.2) is 20.1 Å². The highest BCUT2D eigenvalue weighted by Gasteiger charge is 2.16. The van der Waals surface area contributed by atoms with Crippen molar-refractivity contribution in [2.24, 2.45) is 0 Å². The van der Waals surface area contributed by atoms with E-state index in [0.717, 1.165) is 11.6 Å². The zero-order valence-electron chi connectivity index (χ0n) is 13.0. The third-order valence-corrected chi connectivity index (χ3v) is 3.76. The van der Waals surface area contributed by atoms with Gasteiger partial charge in [0.2, 0.25) is 0 Å². The Hall–Kier alpha value is -2.27. The molecule has 2 aromatic carbocycles. The van der Waals surface area contributed by atoms with Crippen molar-refractivity contribution >= 4 is 17.5 Å². The third kappa shape index (κ3) is 3.93. The Morgan fingerprint density at radius 3 is 2.48 bits per heavy atom. The topological polar surface area (TPSA) is 47.6 Å². The lowest BCUT2D eigenvalue weighted by Gasteiger charge is -2.17. The molecule has 1 amide bonds. The van der Waals surface area contributed by atoms with Crippen LogP contribution in [0.2, 0.25) is 5.02 Å². The van der Waals surface area contributed by atoms with Crippen molar-refractivity contribution in [1.29, 1.82) is 0 Å². The van der Waals surface area contributed by atoms with Crippen molar-refractivity contribution in [2.75, 3.05) is 14.2 Å². The second-order valence-corrected chi connectivity index (χ2v) is 5.34. The van der Waals surface area contributed by atoms with E-state index in [-0.39, 0.29) is 16.6 Å². The maximum Gasteiger partial charge on any atom is 0.253 e. The predicted molar refractivity (Wildman–Crippen MR) is 86.8 cm³/mol. The summed E-state index contributed by atoms with van der Waals surface area (Å²) in [6.45, 7) is 1.81. The molecule has 0 heterocycles. The molecule has 0 saturated carbocycles. The Balaban J connectivity index is 2.19. The first-order valence-electron chi connectivity index (χ1n) is 6.94. The fraction of sp³-hybridized carbons (Fsp3) is 0.235. The van der Waals surface area contributed by atoms with E-state index in [4.69, 9.17) is 21.1 Å². The lowest BCUT2D eigenvalue weighted by atomic mass is 10.1. The van der Waals surface area contributed by atoms with E-state index in [1.165, 1.54) is 19.2 Å². The molecule has 0 saturated heterocycles. The van der Waals surface area contributed by atoms with Crippen LogP contribution in [0.3, 0.4) is 0 Å². The van der Waals surface area contributed by atoms with Crippen molar-refractivity contribution in [3.63, 3.8) is 0 Å². The Morgan fingerprint density at radius 2 is 1.83 bits per heavy atom. The summed E-state index contributed by atoms with van der Waals surface area (Å²) in [6.07, 6.45) is 0. The minimum absolute atomic E-state index is 0.0963. The molecule has 0 unspecified atom stereocenters. The average molecular weight is 338 g/mol. The summed E-state index contributed by atoms with van der Waals surface area (Å²) in [5, 5.41) is 2.98. The molecule has 0 aliphatic heterocycles. The van der Waals surface area contributed by atoms with Crippen LogP contribution in [0.4, 0.5) is 4.39 Å². The van der Waals surface area contributed by atoms with Gasteiger partial charge in [0, 0.05) is 0 Å². The molecule has 1 N–H and O–H groups in total. The molecular weight excluding hydrogens is 321 g/mol. The van der Waals surface area contributed by atoms with Crippen molar-refractivity contribution in [3.05, 3.63) is 58.4 Å². The van der Waals surface area contributed by atoms with Crippen molar-refractivity contribution in [2.45, 2.75) is 13.0 Å². The maximum atomic E-state index is 13.3. The van der Waals surface area contributed by atoms with E-state index in [0.29, 0.717) is 11.5 Å². The first-order valence-corrected chi connectivity index (χ1v) is 7.32. The molecule has 0 fully saturated rings. The molecule has 122 valence electrons. The maximum absolute atomic E-state index is 13.3. The van der Waals surface area contributed by atoms with Crippen LogP contribution in [0.1, 0.15) is 28.9 Å². The van der Waals surface area contributed by atoms with Crippen molar-refractivity contribution in [3.8, 4) is 11.5 Å². The lowest BCUT2D eigenvalue weighted by molar-refractivity contribution is 0.0939. The SMILES string of the molecule is COc1ccc([C@@H](C)NC(=O)c2cc(F)ccc2Cl)cc1OC. The minimum Gasteiger partial charge on any atom is -0.493 e. The summed E-state index contributed by atoms with van der Waals surface area (Å²) < 4.78 is 23.7. The molecule has 0 radical (unpaired) electrons. The number of nitrogens with one attached hydrogen (secondary N) is 1. The van der Waals surface area contributed by atoms with Gasteiger partial charge in [0.25, 0.3) is 5.91 Å². The molecule has 1 atom stereocenters. The number of carbonyl (C=O) groups excluding carboxylic acids is 1. The zero-order chi connectivity index (χ0) is 17.0. The monoisotopic (exact) mass is 337 g/mol. The molecule has 0 aliphatic rings. The Bertz CT molecular complexity index is 721. The van der Waals surface area contributed by atoms with Gasteiger partial charge in [-0.1, -0.05) is 17.7 Å². The van der Waals surface area contributed by atoms with Gasteiger partial charge in [-0.05, 0) is 42.8 Å². The summed E-state index contributed by atoms with van der Waals surface area (Å²) in [5.41, 5.74) is 0.919. The van der Waals surface area contributed by atoms with Gasteiger partial charge in [0.15, 0.2) is 11.5 Å². The molecule has 6 heteroatoms. The van der Waals surface area contributed by atoms with Crippen molar-refractivity contribution in [1.82, 2.24) is 5.32 Å². The van der Waals surface area contributed by atoms with E-state index >= 15 is 0 Å². The molecule has 2 rings (SSSR count). The van der Waals surface area contributed by atoms with Gasteiger partial charge >= 0.3 is 0 Å². The molecule has 2 aromatic rings. The van der Waals surface area contributed by atoms with Gasteiger partial charge in [-0.2, -0.15) is 0 Å². The van der Waals surface area contributed by atoms with Crippen LogP contribution >= 0.6 is 11.6 Å². The average Bonchev–Trinajstić information content (AvgIpc) is 2.56. The summed E-state index contributed by atoms with van der Waals surface area (Å²) in [4.78, 5) is 12.3. The fourth-order valence-electron chi connectivity index (χ4n) is 2.15. The number of hydrogen-bond donors (Lipinski definition) is 1. The first-order chi connectivity index (χ1) is 11.0. The van der Waals surface area contributed by atoms with Crippen LogP contribution in [-0.2, 0) is 0 Å². The van der Waals surface area contributed by atoms with Gasteiger partial charge in [-0.3, -0.25) is 4.79 Å². The van der Waals surface area contributed by atoms with E-state index in [2.05, 4.69) is 5.32 Å². The highest BCUT2D eigenvalue weighted by atomic mass is 35.5. The van der Waals surface area contributed by atoms with Crippen LogP contribution in [0.25, 0.3) is 0 Å². The molecule has 0 aliphatic carbocycles. The molecule has 4 nitrogen and oxygen atoms in total. The van der Waals surface area contributed by atoms with E-state index in [1.807, 2.05) is 13.0 Å². The number of amides is 1.